The van der Waals surface area contributed by atoms with E-state index in [0.717, 1.165) is 18.7 Å². The van der Waals surface area contributed by atoms with Gasteiger partial charge in [0.2, 0.25) is 5.75 Å². The fourth-order valence-corrected chi connectivity index (χ4v) is 3.44. The van der Waals surface area contributed by atoms with Gasteiger partial charge in [0.05, 0.1) is 21.3 Å². The minimum absolute atomic E-state index is 0.0113. The monoisotopic (exact) mass is 490 g/mol. The van der Waals surface area contributed by atoms with Crippen LogP contribution in [-0.2, 0) is 20.9 Å². The maximum Gasteiger partial charge on any atom is 0.414 e. The van der Waals surface area contributed by atoms with Gasteiger partial charge in [-0.2, -0.15) is 0 Å². The summed E-state index contributed by atoms with van der Waals surface area (Å²) in [5.41, 5.74) is 1.03. The number of para-hydroxylation sites is 1. The van der Waals surface area contributed by atoms with Gasteiger partial charge in [-0.3, -0.25) is 9.69 Å². The highest BCUT2D eigenvalue weighted by molar-refractivity contribution is 6.27. The number of benzene rings is 2. The number of hydrogen-bond acceptors (Lipinski definition) is 8. The molecule has 190 valence electrons. The molecule has 3 rings (SSSR count). The van der Waals surface area contributed by atoms with Gasteiger partial charge >= 0.3 is 11.9 Å². The number of carboxylic acid groups (broad SMARTS) is 2. The third kappa shape index (κ3) is 8.07. The Morgan fingerprint density at radius 1 is 0.800 bits per heavy atom. The number of nitrogens with zero attached hydrogens (tertiary/aromatic N) is 2. The van der Waals surface area contributed by atoms with Crippen molar-refractivity contribution in [1.82, 2.24) is 9.80 Å². The van der Waals surface area contributed by atoms with E-state index in [1.165, 1.54) is 0 Å². The Balaban J connectivity index is 0.000000641. The van der Waals surface area contributed by atoms with E-state index in [1.54, 1.807) is 21.3 Å². The standard InChI is InChI=1S/C22H28N2O5.C2H2O4/c1-26-19-10-9-17(21(27-2)22(19)28-3)15-23-11-13-24(14-12-23)20(25)16-29-18-7-5-4-6-8-18;3-1(4)2(5)6/h4-10H,11-16H2,1-3H3;(H,3,4)(H,5,6). The van der Waals surface area contributed by atoms with Crippen molar-refractivity contribution in [1.29, 1.82) is 0 Å². The average molecular weight is 491 g/mol. The number of aliphatic carboxylic acids is 2. The summed E-state index contributed by atoms with van der Waals surface area (Å²) in [6.07, 6.45) is 0. The minimum Gasteiger partial charge on any atom is -0.493 e. The lowest BCUT2D eigenvalue weighted by Crippen LogP contribution is -2.49. The summed E-state index contributed by atoms with van der Waals surface area (Å²) in [6.45, 7) is 3.70. The Labute approximate surface area is 203 Å². The molecule has 0 unspecified atom stereocenters. The first-order valence-corrected chi connectivity index (χ1v) is 10.7. The number of carbonyl (C=O) groups is 3. The Morgan fingerprint density at radius 2 is 1.40 bits per heavy atom. The Morgan fingerprint density at radius 3 is 1.91 bits per heavy atom. The van der Waals surface area contributed by atoms with Crippen LogP contribution in [0, 0.1) is 0 Å². The zero-order valence-corrected chi connectivity index (χ0v) is 19.9. The molecule has 0 spiro atoms. The second-order valence-corrected chi connectivity index (χ2v) is 7.36. The largest absolute Gasteiger partial charge is 0.493 e. The summed E-state index contributed by atoms with van der Waals surface area (Å²) >= 11 is 0. The number of carbonyl (C=O) groups excluding carboxylic acids is 1. The van der Waals surface area contributed by atoms with E-state index >= 15 is 0 Å². The molecule has 1 aliphatic heterocycles. The molecule has 1 saturated heterocycles. The highest BCUT2D eigenvalue weighted by atomic mass is 16.5. The van der Waals surface area contributed by atoms with Crippen LogP contribution in [0.5, 0.6) is 23.0 Å². The Bertz CT molecular complexity index is 978. The molecule has 2 aromatic carbocycles. The van der Waals surface area contributed by atoms with Crippen molar-refractivity contribution in [2.45, 2.75) is 6.54 Å². The van der Waals surface area contributed by atoms with Crippen LogP contribution in [0.25, 0.3) is 0 Å². The Kier molecular flexibility index (Phi) is 10.6. The topological polar surface area (TPSA) is 135 Å². The predicted molar refractivity (Wildman–Crippen MR) is 125 cm³/mol. The van der Waals surface area contributed by atoms with Gasteiger partial charge in [0, 0.05) is 38.3 Å². The second kappa shape index (κ2) is 13.7. The van der Waals surface area contributed by atoms with Crippen LogP contribution in [-0.4, -0.2) is 92.0 Å². The number of carboxylic acids is 2. The lowest BCUT2D eigenvalue weighted by Gasteiger charge is -2.35. The van der Waals surface area contributed by atoms with Crippen molar-refractivity contribution in [3.8, 4) is 23.0 Å². The third-order valence-corrected chi connectivity index (χ3v) is 5.19. The fraction of sp³-hybridized carbons (Fsp3) is 0.375. The van der Waals surface area contributed by atoms with Gasteiger partial charge in [0.15, 0.2) is 18.1 Å². The van der Waals surface area contributed by atoms with Crippen LogP contribution >= 0.6 is 0 Å². The van der Waals surface area contributed by atoms with E-state index in [2.05, 4.69) is 4.90 Å². The summed E-state index contributed by atoms with van der Waals surface area (Å²) in [6, 6.07) is 13.3. The van der Waals surface area contributed by atoms with Crippen molar-refractivity contribution in [2.24, 2.45) is 0 Å². The van der Waals surface area contributed by atoms with Crippen molar-refractivity contribution in [2.75, 3.05) is 54.1 Å². The molecule has 1 amide bonds. The summed E-state index contributed by atoms with van der Waals surface area (Å²) in [5.74, 6) is -1.01. The van der Waals surface area contributed by atoms with Gasteiger partial charge in [-0.15, -0.1) is 0 Å². The molecule has 0 aliphatic carbocycles. The first kappa shape index (κ1) is 27.3. The number of methoxy groups -OCH3 is 3. The van der Waals surface area contributed by atoms with E-state index in [4.69, 9.17) is 38.7 Å². The Hall–Kier alpha value is -3.99. The molecule has 1 fully saturated rings. The molecule has 0 bridgehead atoms. The van der Waals surface area contributed by atoms with Crippen LogP contribution in [0.3, 0.4) is 0 Å². The summed E-state index contributed by atoms with van der Waals surface area (Å²) in [5, 5.41) is 14.8. The number of rotatable bonds is 8. The lowest BCUT2D eigenvalue weighted by molar-refractivity contribution is -0.159. The molecule has 11 heteroatoms. The molecule has 35 heavy (non-hydrogen) atoms. The first-order valence-electron chi connectivity index (χ1n) is 10.7. The lowest BCUT2D eigenvalue weighted by atomic mass is 10.1. The number of ether oxygens (including phenoxy) is 4. The van der Waals surface area contributed by atoms with Crippen molar-refractivity contribution in [3.05, 3.63) is 48.0 Å². The van der Waals surface area contributed by atoms with Gasteiger partial charge in [-0.05, 0) is 18.2 Å². The maximum absolute atomic E-state index is 12.4. The van der Waals surface area contributed by atoms with E-state index in [0.29, 0.717) is 42.6 Å². The average Bonchev–Trinajstić information content (AvgIpc) is 2.88. The second-order valence-electron chi connectivity index (χ2n) is 7.36. The van der Waals surface area contributed by atoms with E-state index < -0.39 is 11.9 Å². The summed E-state index contributed by atoms with van der Waals surface area (Å²) in [7, 11) is 4.84. The van der Waals surface area contributed by atoms with Crippen molar-refractivity contribution in [3.63, 3.8) is 0 Å². The molecule has 0 radical (unpaired) electrons. The molecule has 1 heterocycles. The molecule has 0 atom stereocenters. The van der Waals surface area contributed by atoms with Gasteiger partial charge < -0.3 is 34.1 Å². The highest BCUT2D eigenvalue weighted by Gasteiger charge is 2.23. The molecular weight excluding hydrogens is 460 g/mol. The van der Waals surface area contributed by atoms with Crippen LogP contribution in [0.15, 0.2) is 42.5 Å². The molecule has 11 nitrogen and oxygen atoms in total. The quantitative estimate of drug-likeness (QED) is 0.525. The number of hydrogen-bond donors (Lipinski definition) is 2. The van der Waals surface area contributed by atoms with Gasteiger partial charge in [0.1, 0.15) is 5.75 Å². The SMILES string of the molecule is COc1ccc(CN2CCN(C(=O)COc3ccccc3)CC2)c(OC)c1OC.O=C(O)C(=O)O. The fourth-order valence-electron chi connectivity index (χ4n) is 3.44. The molecule has 2 N–H and O–H groups in total. The van der Waals surface area contributed by atoms with Crippen LogP contribution < -0.4 is 18.9 Å². The van der Waals surface area contributed by atoms with Gasteiger partial charge in [0.25, 0.3) is 5.91 Å². The van der Waals surface area contributed by atoms with E-state index in [1.807, 2.05) is 47.4 Å². The van der Waals surface area contributed by atoms with Crippen molar-refractivity contribution >= 4 is 17.8 Å². The van der Waals surface area contributed by atoms with E-state index in [9.17, 15) is 4.79 Å². The molecule has 0 aromatic heterocycles. The smallest absolute Gasteiger partial charge is 0.414 e. The zero-order chi connectivity index (χ0) is 25.8. The molecule has 1 aliphatic rings. The van der Waals surface area contributed by atoms with E-state index in [-0.39, 0.29) is 12.5 Å². The molecule has 0 saturated carbocycles. The summed E-state index contributed by atoms with van der Waals surface area (Å²) in [4.78, 5) is 34.8. The molecular formula is C24H30N2O9. The van der Waals surface area contributed by atoms with Crippen LogP contribution in [0.1, 0.15) is 5.56 Å². The number of piperazine rings is 1. The third-order valence-electron chi connectivity index (χ3n) is 5.19. The highest BCUT2D eigenvalue weighted by Crippen LogP contribution is 2.40. The van der Waals surface area contributed by atoms with Crippen molar-refractivity contribution < 1.29 is 43.5 Å². The minimum atomic E-state index is -1.82. The maximum atomic E-state index is 12.4. The number of amides is 1. The predicted octanol–water partition coefficient (Wildman–Crippen LogP) is 1.59. The first-order chi connectivity index (χ1) is 16.8. The van der Waals surface area contributed by atoms with Gasteiger partial charge in [-0.1, -0.05) is 24.3 Å². The zero-order valence-electron chi connectivity index (χ0n) is 19.9. The van der Waals surface area contributed by atoms with Gasteiger partial charge in [-0.25, -0.2) is 9.59 Å². The molecule has 2 aromatic rings. The summed E-state index contributed by atoms with van der Waals surface area (Å²) < 4.78 is 22.0. The van der Waals surface area contributed by atoms with Crippen LogP contribution in [0.4, 0.5) is 0 Å². The van der Waals surface area contributed by atoms with Crippen LogP contribution in [0.2, 0.25) is 0 Å². The normalized spacial score (nSPS) is 13.2.